The predicted octanol–water partition coefficient (Wildman–Crippen LogP) is 3.40. The number of halogens is 3. The summed E-state index contributed by atoms with van der Waals surface area (Å²) in [7, 11) is 0. The molecule has 0 saturated heterocycles. The molecular weight excluding hydrogens is 465 g/mol. The van der Waals surface area contributed by atoms with E-state index in [9.17, 15) is 27.6 Å². The van der Waals surface area contributed by atoms with Gasteiger partial charge in [-0.25, -0.2) is 4.79 Å². The first-order chi connectivity index (χ1) is 16.6. The van der Waals surface area contributed by atoms with Crippen molar-refractivity contribution in [1.29, 1.82) is 0 Å². The van der Waals surface area contributed by atoms with E-state index in [4.69, 9.17) is 10.5 Å². The number of hydrogen-bond donors (Lipinski definition) is 2. The number of rotatable bonds is 9. The second kappa shape index (κ2) is 10.9. The van der Waals surface area contributed by atoms with Crippen LogP contribution in [0.25, 0.3) is 0 Å². The van der Waals surface area contributed by atoms with Crippen molar-refractivity contribution in [2.24, 2.45) is 0 Å². The zero-order chi connectivity index (χ0) is 25.6. The van der Waals surface area contributed by atoms with E-state index in [-0.39, 0.29) is 30.3 Å². The lowest BCUT2D eigenvalue weighted by atomic mass is 10.2. The summed E-state index contributed by atoms with van der Waals surface area (Å²) in [5.41, 5.74) is 4.24. The quantitative estimate of drug-likeness (QED) is 0.478. The van der Waals surface area contributed by atoms with E-state index in [0.29, 0.717) is 12.8 Å². The van der Waals surface area contributed by atoms with Crippen molar-refractivity contribution in [2.45, 2.75) is 32.5 Å². The molecule has 0 bridgehead atoms. The summed E-state index contributed by atoms with van der Waals surface area (Å²) in [5, 5.41) is 0. The lowest BCUT2D eigenvalue weighted by Gasteiger charge is -2.24. The van der Waals surface area contributed by atoms with E-state index < -0.39 is 35.5 Å². The van der Waals surface area contributed by atoms with Crippen LogP contribution in [0.4, 0.5) is 24.7 Å². The maximum absolute atomic E-state index is 13.0. The van der Waals surface area contributed by atoms with Crippen LogP contribution in [0.15, 0.2) is 64.2 Å². The first-order valence-electron chi connectivity index (χ1n) is 10.9. The fourth-order valence-corrected chi connectivity index (χ4v) is 3.42. The number of nitrogens with zero attached hydrogens (tertiary/aromatic N) is 2. The molecule has 0 unspecified atom stereocenters. The van der Waals surface area contributed by atoms with Gasteiger partial charge in [-0.1, -0.05) is 49.7 Å². The van der Waals surface area contributed by atoms with Crippen molar-refractivity contribution in [1.82, 2.24) is 9.55 Å². The summed E-state index contributed by atoms with van der Waals surface area (Å²) in [6.45, 7) is 1.40. The number of benzene rings is 2. The average molecular weight is 490 g/mol. The maximum Gasteiger partial charge on any atom is 0.416 e. The van der Waals surface area contributed by atoms with Crippen LogP contribution in [0.3, 0.4) is 0 Å². The predicted molar refractivity (Wildman–Crippen MR) is 125 cm³/mol. The van der Waals surface area contributed by atoms with Crippen molar-refractivity contribution >= 4 is 17.4 Å². The first-order valence-corrected chi connectivity index (χ1v) is 10.9. The number of nitrogens with two attached hydrogens (primary N) is 1. The molecule has 3 N–H and O–H groups in total. The summed E-state index contributed by atoms with van der Waals surface area (Å²) in [5.74, 6) is -1.05. The standard InChI is InChI=1S/C24H25F3N4O4/c1-2-3-12-30(19(32)15-35-18-11-7-10-17(13-18)24(25,26)27)20-21(28)31(23(34)29-22(20)33)14-16-8-5-4-6-9-16/h4-11,13H,2-3,12,14-15,28H2,1H3,(H,29,33,34). The molecule has 0 fully saturated rings. The molecule has 3 rings (SSSR count). The Bertz CT molecular complexity index is 1290. The smallest absolute Gasteiger partial charge is 0.416 e. The van der Waals surface area contributed by atoms with Crippen molar-refractivity contribution < 1.29 is 22.7 Å². The number of aromatic nitrogens is 2. The van der Waals surface area contributed by atoms with E-state index in [1.54, 1.807) is 24.3 Å². The number of nitrogen functional groups attached to an aromatic ring is 1. The van der Waals surface area contributed by atoms with E-state index in [0.717, 1.165) is 27.2 Å². The molecule has 0 spiro atoms. The van der Waals surface area contributed by atoms with Gasteiger partial charge >= 0.3 is 11.9 Å². The molecule has 0 saturated carbocycles. The maximum atomic E-state index is 13.0. The Hall–Kier alpha value is -4.02. The van der Waals surface area contributed by atoms with E-state index in [2.05, 4.69) is 4.98 Å². The van der Waals surface area contributed by atoms with E-state index >= 15 is 0 Å². The largest absolute Gasteiger partial charge is 0.484 e. The Morgan fingerprint density at radius 3 is 2.49 bits per heavy atom. The van der Waals surface area contributed by atoms with E-state index in [1.807, 2.05) is 13.0 Å². The van der Waals surface area contributed by atoms with E-state index in [1.165, 1.54) is 12.1 Å². The van der Waals surface area contributed by atoms with Gasteiger partial charge in [-0.2, -0.15) is 13.2 Å². The first kappa shape index (κ1) is 25.6. The summed E-state index contributed by atoms with van der Waals surface area (Å²) >= 11 is 0. The molecule has 2 aromatic carbocycles. The summed E-state index contributed by atoms with van der Waals surface area (Å²) in [4.78, 5) is 41.5. The molecule has 0 radical (unpaired) electrons. The van der Waals surface area contributed by atoms with Crippen LogP contribution < -0.4 is 26.6 Å². The van der Waals surface area contributed by atoms with Gasteiger partial charge in [-0.3, -0.25) is 19.1 Å². The van der Waals surface area contributed by atoms with Crippen LogP contribution in [0.2, 0.25) is 0 Å². The number of anilines is 2. The van der Waals surface area contributed by atoms with Crippen LogP contribution in [0.1, 0.15) is 30.9 Å². The second-order valence-corrected chi connectivity index (χ2v) is 7.78. The Morgan fingerprint density at radius 2 is 1.83 bits per heavy atom. The summed E-state index contributed by atoms with van der Waals surface area (Å²) in [6.07, 6.45) is -3.38. The fraction of sp³-hybridized carbons (Fsp3) is 0.292. The topological polar surface area (TPSA) is 110 Å². The number of alkyl halides is 3. The van der Waals surface area contributed by atoms with Crippen molar-refractivity contribution in [3.05, 3.63) is 86.6 Å². The molecule has 0 aliphatic heterocycles. The van der Waals surface area contributed by atoms with Gasteiger partial charge in [0.05, 0.1) is 12.1 Å². The number of amides is 1. The lowest BCUT2D eigenvalue weighted by Crippen LogP contribution is -2.43. The van der Waals surface area contributed by atoms with Crippen LogP contribution in [0.5, 0.6) is 5.75 Å². The Balaban J connectivity index is 1.91. The highest BCUT2D eigenvalue weighted by Crippen LogP contribution is 2.31. The normalized spacial score (nSPS) is 11.3. The lowest BCUT2D eigenvalue weighted by molar-refractivity contribution is -0.137. The molecule has 0 aliphatic carbocycles. The van der Waals surface area contributed by atoms with Crippen LogP contribution >= 0.6 is 0 Å². The molecule has 1 amide bonds. The number of ether oxygens (including phenoxy) is 1. The zero-order valence-electron chi connectivity index (χ0n) is 19.0. The van der Waals surface area contributed by atoms with Crippen molar-refractivity contribution in [2.75, 3.05) is 23.8 Å². The molecule has 8 nitrogen and oxygen atoms in total. The minimum atomic E-state index is -4.56. The number of hydrogen-bond acceptors (Lipinski definition) is 5. The Kier molecular flexibility index (Phi) is 8.00. The van der Waals surface area contributed by atoms with Gasteiger partial charge in [0.15, 0.2) is 12.3 Å². The number of nitrogens with one attached hydrogen (secondary N) is 1. The number of aromatic amines is 1. The SMILES string of the molecule is CCCCN(C(=O)COc1cccc(C(F)(F)F)c1)c1c(N)n(Cc2ccccc2)c(=O)[nH]c1=O. The van der Waals surface area contributed by atoms with Gasteiger partial charge in [0.2, 0.25) is 0 Å². The highest BCUT2D eigenvalue weighted by molar-refractivity contribution is 5.96. The minimum absolute atomic E-state index is 0.0613. The summed E-state index contributed by atoms with van der Waals surface area (Å²) in [6, 6.07) is 13.1. The molecule has 35 heavy (non-hydrogen) atoms. The molecule has 0 atom stereocenters. The molecule has 1 heterocycles. The number of carbonyl (C=O) groups excluding carboxylic acids is 1. The van der Waals surface area contributed by atoms with Gasteiger partial charge < -0.3 is 15.4 Å². The van der Waals surface area contributed by atoms with Crippen LogP contribution in [-0.4, -0.2) is 28.6 Å². The second-order valence-electron chi connectivity index (χ2n) is 7.78. The van der Waals surface area contributed by atoms with Crippen molar-refractivity contribution in [3.8, 4) is 5.75 Å². The Labute approximate surface area is 198 Å². The van der Waals surface area contributed by atoms with Crippen LogP contribution in [0, 0.1) is 0 Å². The fourth-order valence-electron chi connectivity index (χ4n) is 3.42. The van der Waals surface area contributed by atoms with Crippen molar-refractivity contribution in [3.63, 3.8) is 0 Å². The van der Waals surface area contributed by atoms with Gasteiger partial charge in [0, 0.05) is 6.54 Å². The highest BCUT2D eigenvalue weighted by Gasteiger charge is 2.31. The third-order valence-corrected chi connectivity index (χ3v) is 5.23. The monoisotopic (exact) mass is 490 g/mol. The molecule has 0 aliphatic rings. The van der Waals surface area contributed by atoms with Gasteiger partial charge in [-0.15, -0.1) is 0 Å². The number of unbranched alkanes of at least 4 members (excludes halogenated alkanes) is 1. The van der Waals surface area contributed by atoms with Crippen LogP contribution in [-0.2, 0) is 17.5 Å². The number of carbonyl (C=O) groups is 1. The molecule has 1 aromatic heterocycles. The molecule has 186 valence electrons. The third-order valence-electron chi connectivity index (χ3n) is 5.23. The van der Waals surface area contributed by atoms with Gasteiger partial charge in [0.1, 0.15) is 11.6 Å². The number of H-pyrrole nitrogens is 1. The van der Waals surface area contributed by atoms with Gasteiger partial charge in [-0.05, 0) is 30.2 Å². The molecular formula is C24H25F3N4O4. The summed E-state index contributed by atoms with van der Waals surface area (Å²) < 4.78 is 45.3. The average Bonchev–Trinajstić information content (AvgIpc) is 2.82. The molecule has 11 heteroatoms. The molecule has 3 aromatic rings. The highest BCUT2D eigenvalue weighted by atomic mass is 19.4. The Morgan fingerprint density at radius 1 is 1.11 bits per heavy atom. The third kappa shape index (κ3) is 6.31. The minimum Gasteiger partial charge on any atom is -0.484 e. The van der Waals surface area contributed by atoms with Gasteiger partial charge in [0.25, 0.3) is 11.5 Å². The zero-order valence-corrected chi connectivity index (χ0v) is 19.0.